The lowest BCUT2D eigenvalue weighted by atomic mass is 10.1. The van der Waals surface area contributed by atoms with E-state index in [1.807, 2.05) is 6.07 Å². The third-order valence-electron chi connectivity index (χ3n) is 5.13. The number of carbonyl (C=O) groups excluding carboxylic acids is 1. The fourth-order valence-corrected chi connectivity index (χ4v) is 5.25. The van der Waals surface area contributed by atoms with E-state index in [-0.39, 0.29) is 40.8 Å². The van der Waals surface area contributed by atoms with Crippen molar-refractivity contribution in [3.63, 3.8) is 0 Å². The number of furan rings is 1. The Kier molecular flexibility index (Phi) is 5.82. The van der Waals surface area contributed by atoms with Crippen LogP contribution >= 0.6 is 11.6 Å². The first kappa shape index (κ1) is 20.2. The van der Waals surface area contributed by atoms with E-state index in [2.05, 4.69) is 14.9 Å². The maximum atomic E-state index is 13.0. The predicted octanol–water partition coefficient (Wildman–Crippen LogP) is 2.77. The van der Waals surface area contributed by atoms with Crippen molar-refractivity contribution in [1.29, 1.82) is 0 Å². The molecule has 2 N–H and O–H groups in total. The molecule has 4 rings (SSSR count). The number of carbonyl (C=O) groups is 1. The molecule has 2 aliphatic rings. The molecule has 8 nitrogen and oxygen atoms in total. The maximum Gasteiger partial charge on any atom is 0.262 e. The highest BCUT2D eigenvalue weighted by Crippen LogP contribution is 2.35. The molecule has 1 atom stereocenters. The number of nitrogens with zero attached hydrogens (tertiary/aromatic N) is 1. The molecule has 0 radical (unpaired) electrons. The highest BCUT2D eigenvalue weighted by molar-refractivity contribution is 7.89. The van der Waals surface area contributed by atoms with Crippen molar-refractivity contribution in [2.24, 2.45) is 0 Å². The van der Waals surface area contributed by atoms with Gasteiger partial charge in [-0.2, -0.15) is 0 Å². The van der Waals surface area contributed by atoms with Gasteiger partial charge in [0, 0.05) is 12.6 Å². The maximum absolute atomic E-state index is 13.0. The van der Waals surface area contributed by atoms with Gasteiger partial charge in [-0.25, -0.2) is 13.1 Å². The first-order valence-corrected chi connectivity index (χ1v) is 11.3. The van der Waals surface area contributed by atoms with E-state index in [0.29, 0.717) is 5.69 Å². The normalized spacial score (nSPS) is 18.6. The molecular formula is C19H22ClN3O5S. The Labute approximate surface area is 174 Å². The molecule has 29 heavy (non-hydrogen) atoms. The summed E-state index contributed by atoms with van der Waals surface area (Å²) in [5.41, 5.74) is 0.354. The SMILES string of the molecule is O=C1COc2cc(S(=O)(=O)NCC(c3ccco3)N3CCCCC3)c(Cl)cc2N1. The van der Waals surface area contributed by atoms with Gasteiger partial charge in [-0.3, -0.25) is 9.69 Å². The molecule has 1 amide bonds. The molecule has 1 aromatic carbocycles. The molecule has 1 saturated heterocycles. The minimum Gasteiger partial charge on any atom is -0.482 e. The summed E-state index contributed by atoms with van der Waals surface area (Å²) in [6.45, 7) is 1.76. The van der Waals surface area contributed by atoms with E-state index in [1.54, 1.807) is 12.3 Å². The third-order valence-corrected chi connectivity index (χ3v) is 7.01. The number of rotatable bonds is 6. The number of ether oxygens (including phenoxy) is 1. The Morgan fingerprint density at radius 2 is 2.03 bits per heavy atom. The lowest BCUT2D eigenvalue weighted by Gasteiger charge is -2.33. The number of halogens is 1. The summed E-state index contributed by atoms with van der Waals surface area (Å²) in [7, 11) is -3.91. The molecule has 3 heterocycles. The number of nitrogens with one attached hydrogen (secondary N) is 2. The number of hydrogen-bond donors (Lipinski definition) is 2. The molecular weight excluding hydrogens is 418 g/mol. The van der Waals surface area contributed by atoms with Crippen LogP contribution in [0.1, 0.15) is 31.1 Å². The summed E-state index contributed by atoms with van der Waals surface area (Å²) in [4.78, 5) is 13.6. The largest absolute Gasteiger partial charge is 0.482 e. The number of fused-ring (bicyclic) bond motifs is 1. The number of anilines is 1. The molecule has 1 aromatic heterocycles. The zero-order chi connectivity index (χ0) is 20.4. The van der Waals surface area contributed by atoms with Gasteiger partial charge in [-0.15, -0.1) is 0 Å². The van der Waals surface area contributed by atoms with Crippen LogP contribution in [0.4, 0.5) is 5.69 Å². The first-order chi connectivity index (χ1) is 13.9. The average Bonchev–Trinajstić information content (AvgIpc) is 3.22. The van der Waals surface area contributed by atoms with Crippen molar-refractivity contribution in [2.45, 2.75) is 30.2 Å². The molecule has 0 aliphatic carbocycles. The Balaban J connectivity index is 1.55. The van der Waals surface area contributed by atoms with Crippen molar-refractivity contribution in [1.82, 2.24) is 9.62 Å². The van der Waals surface area contributed by atoms with Gasteiger partial charge in [-0.05, 0) is 44.1 Å². The lowest BCUT2D eigenvalue weighted by molar-refractivity contribution is -0.118. The van der Waals surface area contributed by atoms with E-state index in [9.17, 15) is 13.2 Å². The van der Waals surface area contributed by atoms with E-state index in [4.69, 9.17) is 20.8 Å². The van der Waals surface area contributed by atoms with Gasteiger partial charge in [0.25, 0.3) is 5.91 Å². The Morgan fingerprint density at radius 3 is 2.76 bits per heavy atom. The zero-order valence-corrected chi connectivity index (χ0v) is 17.3. The molecule has 2 aliphatic heterocycles. The molecule has 0 bridgehead atoms. The first-order valence-electron chi connectivity index (χ1n) is 9.47. The highest BCUT2D eigenvalue weighted by atomic mass is 35.5. The van der Waals surface area contributed by atoms with Crippen LogP contribution in [0.5, 0.6) is 5.75 Å². The van der Waals surface area contributed by atoms with Gasteiger partial charge in [0.15, 0.2) is 6.61 Å². The van der Waals surface area contributed by atoms with Gasteiger partial charge in [0.2, 0.25) is 10.0 Å². The van der Waals surface area contributed by atoms with Crippen LogP contribution in [0.15, 0.2) is 39.8 Å². The fourth-order valence-electron chi connectivity index (χ4n) is 3.67. The van der Waals surface area contributed by atoms with Gasteiger partial charge in [0.1, 0.15) is 16.4 Å². The number of benzene rings is 1. The van der Waals surface area contributed by atoms with Gasteiger partial charge in [-0.1, -0.05) is 18.0 Å². The second-order valence-corrected chi connectivity index (χ2v) is 9.24. The summed E-state index contributed by atoms with van der Waals surface area (Å²) in [6.07, 6.45) is 4.91. The quantitative estimate of drug-likeness (QED) is 0.717. The Morgan fingerprint density at radius 1 is 1.24 bits per heavy atom. The summed E-state index contributed by atoms with van der Waals surface area (Å²) in [5, 5.41) is 2.62. The van der Waals surface area contributed by atoms with Gasteiger partial charge >= 0.3 is 0 Å². The van der Waals surface area contributed by atoms with Crippen molar-refractivity contribution in [3.05, 3.63) is 41.3 Å². The molecule has 0 spiro atoms. The van der Waals surface area contributed by atoms with Crippen LogP contribution in [0.25, 0.3) is 0 Å². The molecule has 1 fully saturated rings. The number of sulfonamides is 1. The molecule has 10 heteroatoms. The smallest absolute Gasteiger partial charge is 0.262 e. The minimum atomic E-state index is -3.91. The lowest BCUT2D eigenvalue weighted by Crippen LogP contribution is -2.40. The zero-order valence-electron chi connectivity index (χ0n) is 15.7. The average molecular weight is 440 g/mol. The standard InChI is InChI=1S/C19H22ClN3O5S/c20-13-9-14-17(28-12-19(24)22-14)10-18(13)29(25,26)21-11-15(16-5-4-8-27-16)23-6-2-1-3-7-23/h4-5,8-10,15,21H,1-3,6-7,11-12H2,(H,22,24). The highest BCUT2D eigenvalue weighted by Gasteiger charge is 2.29. The number of likely N-dealkylation sites (tertiary alicyclic amines) is 1. The molecule has 1 unspecified atom stereocenters. The van der Waals surface area contributed by atoms with E-state index < -0.39 is 10.0 Å². The van der Waals surface area contributed by atoms with Crippen molar-refractivity contribution in [3.8, 4) is 5.75 Å². The predicted molar refractivity (Wildman–Crippen MR) is 108 cm³/mol. The Hall–Kier alpha value is -2.07. The molecule has 2 aromatic rings. The fraction of sp³-hybridized carbons (Fsp3) is 0.421. The van der Waals surface area contributed by atoms with Crippen LogP contribution in [-0.4, -0.2) is 45.5 Å². The summed E-state index contributed by atoms with van der Waals surface area (Å²) in [5.74, 6) is 0.676. The van der Waals surface area contributed by atoms with Crippen LogP contribution in [0.2, 0.25) is 5.02 Å². The second kappa shape index (κ2) is 8.35. The second-order valence-electron chi connectivity index (χ2n) is 7.10. The molecule has 156 valence electrons. The topological polar surface area (TPSA) is 101 Å². The van der Waals surface area contributed by atoms with Crippen molar-refractivity contribution < 1.29 is 22.4 Å². The van der Waals surface area contributed by atoms with E-state index >= 15 is 0 Å². The third kappa shape index (κ3) is 4.42. The van der Waals surface area contributed by atoms with Crippen LogP contribution in [-0.2, 0) is 14.8 Å². The Bertz CT molecular complexity index is 988. The number of hydrogen-bond acceptors (Lipinski definition) is 6. The molecule has 0 saturated carbocycles. The van der Waals surface area contributed by atoms with Gasteiger partial charge in [0.05, 0.1) is 23.0 Å². The summed E-state index contributed by atoms with van der Waals surface area (Å²) >= 11 is 6.20. The van der Waals surface area contributed by atoms with Crippen LogP contribution in [0.3, 0.4) is 0 Å². The van der Waals surface area contributed by atoms with Gasteiger partial charge < -0.3 is 14.5 Å². The van der Waals surface area contributed by atoms with Crippen molar-refractivity contribution >= 4 is 33.2 Å². The number of piperidine rings is 1. The van der Waals surface area contributed by atoms with Crippen molar-refractivity contribution in [2.75, 3.05) is 31.6 Å². The van der Waals surface area contributed by atoms with E-state index in [0.717, 1.165) is 31.7 Å². The minimum absolute atomic E-state index is 0.00886. The summed E-state index contributed by atoms with van der Waals surface area (Å²) in [6, 6.07) is 6.18. The van der Waals surface area contributed by atoms with E-state index in [1.165, 1.54) is 18.6 Å². The number of amides is 1. The summed E-state index contributed by atoms with van der Waals surface area (Å²) < 4.78 is 39.5. The van der Waals surface area contributed by atoms with Crippen LogP contribution in [0, 0.1) is 0 Å². The van der Waals surface area contributed by atoms with Crippen LogP contribution < -0.4 is 14.8 Å². The monoisotopic (exact) mass is 439 g/mol.